The third-order valence-electron chi connectivity index (χ3n) is 4.61. The number of sulfonamides is 1. The van der Waals surface area contributed by atoms with Gasteiger partial charge in [0, 0.05) is 12.1 Å². The maximum atomic E-state index is 13.8. The number of anilines is 1. The molecule has 1 unspecified atom stereocenters. The fourth-order valence-corrected chi connectivity index (χ4v) is 4.66. The highest BCUT2D eigenvalue weighted by Gasteiger charge is 2.38. The van der Waals surface area contributed by atoms with Crippen molar-refractivity contribution in [3.63, 3.8) is 0 Å². The van der Waals surface area contributed by atoms with Crippen LogP contribution in [0.15, 0.2) is 47.4 Å². The second kappa shape index (κ2) is 7.71. The Kier molecular flexibility index (Phi) is 5.51. The summed E-state index contributed by atoms with van der Waals surface area (Å²) in [4.78, 5) is 25.1. The predicted molar refractivity (Wildman–Crippen MR) is 101 cm³/mol. The number of rotatable bonds is 4. The molecule has 1 heterocycles. The number of ketones is 1. The summed E-state index contributed by atoms with van der Waals surface area (Å²) in [6.45, 7) is 3.43. The van der Waals surface area contributed by atoms with Crippen molar-refractivity contribution in [3.05, 3.63) is 59.4 Å². The van der Waals surface area contributed by atoms with Crippen LogP contribution in [0.3, 0.4) is 0 Å². The van der Waals surface area contributed by atoms with Crippen LogP contribution >= 0.6 is 0 Å². The Morgan fingerprint density at radius 1 is 1.21 bits per heavy atom. The average molecular weight is 405 g/mol. The van der Waals surface area contributed by atoms with Crippen LogP contribution in [0.25, 0.3) is 0 Å². The van der Waals surface area contributed by atoms with E-state index in [-0.39, 0.29) is 35.7 Å². The molecule has 1 aliphatic heterocycles. The van der Waals surface area contributed by atoms with E-state index in [4.69, 9.17) is 4.74 Å². The first-order chi connectivity index (χ1) is 13.3. The molecule has 2 aromatic rings. The van der Waals surface area contributed by atoms with Gasteiger partial charge >= 0.3 is 5.97 Å². The lowest BCUT2D eigenvalue weighted by Gasteiger charge is -2.24. The summed E-state index contributed by atoms with van der Waals surface area (Å²) in [6, 6.07) is 9.60. The summed E-state index contributed by atoms with van der Waals surface area (Å²) < 4.78 is 46.3. The summed E-state index contributed by atoms with van der Waals surface area (Å²) in [6.07, 6.45) is -0.0565. The second-order valence-electron chi connectivity index (χ2n) is 6.51. The highest BCUT2D eigenvalue weighted by molar-refractivity contribution is 7.92. The van der Waals surface area contributed by atoms with Crippen molar-refractivity contribution in [2.75, 3.05) is 17.5 Å². The van der Waals surface area contributed by atoms with Crippen LogP contribution in [0.5, 0.6) is 0 Å². The molecule has 6 nitrogen and oxygen atoms in total. The van der Waals surface area contributed by atoms with Crippen LogP contribution in [-0.4, -0.2) is 33.3 Å². The third-order valence-corrected chi connectivity index (χ3v) is 6.44. The van der Waals surface area contributed by atoms with Gasteiger partial charge in [-0.2, -0.15) is 0 Å². The van der Waals surface area contributed by atoms with Crippen LogP contribution in [0.2, 0.25) is 0 Å². The van der Waals surface area contributed by atoms with Gasteiger partial charge in [-0.25, -0.2) is 12.8 Å². The van der Waals surface area contributed by atoms with Gasteiger partial charge in [-0.05, 0) is 50.6 Å². The first-order valence-electron chi connectivity index (χ1n) is 8.85. The van der Waals surface area contributed by atoms with Gasteiger partial charge in [0.2, 0.25) is 0 Å². The van der Waals surface area contributed by atoms with Gasteiger partial charge < -0.3 is 4.74 Å². The Hall–Kier alpha value is -2.74. The van der Waals surface area contributed by atoms with Crippen molar-refractivity contribution < 1.29 is 27.1 Å². The van der Waals surface area contributed by atoms with E-state index >= 15 is 0 Å². The minimum Gasteiger partial charge on any atom is -0.465 e. The molecule has 1 aliphatic rings. The lowest BCUT2D eigenvalue weighted by molar-refractivity contribution is -0.146. The molecular formula is C20H20FNO5S. The number of esters is 1. The molecule has 0 saturated carbocycles. The summed E-state index contributed by atoms with van der Waals surface area (Å²) in [5, 5.41) is 0. The van der Waals surface area contributed by atoms with Crippen molar-refractivity contribution >= 4 is 27.5 Å². The number of fused-ring (bicyclic) bond motifs is 1. The Labute approximate surface area is 163 Å². The van der Waals surface area contributed by atoms with Gasteiger partial charge in [-0.1, -0.05) is 17.7 Å². The van der Waals surface area contributed by atoms with Gasteiger partial charge in [0.1, 0.15) is 11.7 Å². The summed E-state index contributed by atoms with van der Waals surface area (Å²) in [5.41, 5.74) is 0.805. The van der Waals surface area contributed by atoms with E-state index in [9.17, 15) is 22.4 Å². The average Bonchev–Trinajstić information content (AvgIpc) is 2.79. The van der Waals surface area contributed by atoms with E-state index in [2.05, 4.69) is 0 Å². The monoisotopic (exact) mass is 405 g/mol. The van der Waals surface area contributed by atoms with Crippen LogP contribution in [0, 0.1) is 18.7 Å². The topological polar surface area (TPSA) is 80.8 Å². The van der Waals surface area contributed by atoms with E-state index < -0.39 is 33.5 Å². The highest BCUT2D eigenvalue weighted by atomic mass is 32.2. The fraction of sp³-hybridized carbons (Fsp3) is 0.300. The highest BCUT2D eigenvalue weighted by Crippen LogP contribution is 2.34. The second-order valence-corrected chi connectivity index (χ2v) is 8.37. The van der Waals surface area contributed by atoms with Gasteiger partial charge in [-0.3, -0.25) is 13.9 Å². The number of aryl methyl sites for hydroxylation is 1. The van der Waals surface area contributed by atoms with Gasteiger partial charge in [-0.15, -0.1) is 0 Å². The van der Waals surface area contributed by atoms with E-state index in [1.807, 2.05) is 6.92 Å². The molecule has 3 rings (SSSR count). The molecule has 1 atom stereocenters. The van der Waals surface area contributed by atoms with Crippen LogP contribution in [-0.2, 0) is 19.6 Å². The molecule has 2 aromatic carbocycles. The van der Waals surface area contributed by atoms with Gasteiger partial charge in [0.15, 0.2) is 5.78 Å². The number of nitrogens with zero attached hydrogens (tertiary/aromatic N) is 1. The molecule has 8 heteroatoms. The normalized spacial score (nSPS) is 17.0. The number of hydrogen-bond donors (Lipinski definition) is 0. The lowest BCUT2D eigenvalue weighted by Crippen LogP contribution is -2.33. The first kappa shape index (κ1) is 20.0. The minimum atomic E-state index is -4.01. The van der Waals surface area contributed by atoms with Crippen LogP contribution in [0.1, 0.15) is 29.3 Å². The predicted octanol–water partition coefficient (Wildman–Crippen LogP) is 3.10. The molecule has 0 fully saturated rings. The molecule has 0 spiro atoms. The molecule has 28 heavy (non-hydrogen) atoms. The molecule has 0 amide bonds. The first-order valence-corrected chi connectivity index (χ1v) is 10.3. The standard InChI is InChI=1S/C20H20FNO5S/c1-3-27-20(24)16-10-11-22(18-9-6-14(21)12-17(18)19(16)23)28(25,26)15-7-4-13(2)5-8-15/h4-9,12,16H,3,10-11H2,1-2H3. The van der Waals surface area contributed by atoms with Crippen LogP contribution in [0.4, 0.5) is 10.1 Å². The van der Waals surface area contributed by atoms with Crippen molar-refractivity contribution in [3.8, 4) is 0 Å². The number of hydrogen-bond acceptors (Lipinski definition) is 5. The van der Waals surface area contributed by atoms with Crippen molar-refractivity contribution in [2.45, 2.75) is 25.2 Å². The summed E-state index contributed by atoms with van der Waals surface area (Å²) in [5.74, 6) is -3.25. The zero-order valence-electron chi connectivity index (χ0n) is 15.5. The molecule has 0 saturated heterocycles. The number of Topliss-reactive ketones (excluding diaryl/α,β-unsaturated/α-hetero) is 1. The number of benzene rings is 2. The maximum Gasteiger partial charge on any atom is 0.316 e. The van der Waals surface area contributed by atoms with E-state index in [1.165, 1.54) is 18.2 Å². The Balaban J connectivity index is 2.11. The number of carbonyl (C=O) groups excluding carboxylic acids is 2. The zero-order chi connectivity index (χ0) is 20.5. The van der Waals surface area contributed by atoms with Crippen molar-refractivity contribution in [1.82, 2.24) is 0 Å². The fourth-order valence-electron chi connectivity index (χ4n) is 3.16. The Morgan fingerprint density at radius 2 is 1.89 bits per heavy atom. The summed E-state index contributed by atoms with van der Waals surface area (Å²) >= 11 is 0. The number of ether oxygens (including phenoxy) is 1. The Bertz CT molecular complexity index is 1020. The molecule has 0 aliphatic carbocycles. The molecule has 0 radical (unpaired) electrons. The third kappa shape index (κ3) is 3.64. The Morgan fingerprint density at radius 3 is 2.54 bits per heavy atom. The van der Waals surface area contributed by atoms with E-state index in [0.717, 1.165) is 22.0 Å². The lowest BCUT2D eigenvalue weighted by atomic mass is 9.95. The van der Waals surface area contributed by atoms with E-state index in [0.29, 0.717) is 0 Å². The van der Waals surface area contributed by atoms with Gasteiger partial charge in [0.25, 0.3) is 10.0 Å². The SMILES string of the molecule is CCOC(=O)C1CCN(S(=O)(=O)c2ccc(C)cc2)c2ccc(F)cc2C1=O. The maximum absolute atomic E-state index is 13.8. The van der Waals surface area contributed by atoms with E-state index in [1.54, 1.807) is 19.1 Å². The zero-order valence-corrected chi connectivity index (χ0v) is 16.3. The molecule has 0 aromatic heterocycles. The van der Waals surface area contributed by atoms with Crippen molar-refractivity contribution in [1.29, 1.82) is 0 Å². The molecular weight excluding hydrogens is 385 g/mol. The molecule has 0 bridgehead atoms. The minimum absolute atomic E-state index is 0.0513. The molecule has 148 valence electrons. The number of carbonyl (C=O) groups is 2. The van der Waals surface area contributed by atoms with Crippen LogP contribution < -0.4 is 4.31 Å². The van der Waals surface area contributed by atoms with Crippen molar-refractivity contribution in [2.24, 2.45) is 5.92 Å². The quantitative estimate of drug-likeness (QED) is 0.577. The smallest absolute Gasteiger partial charge is 0.316 e. The largest absolute Gasteiger partial charge is 0.465 e. The summed E-state index contributed by atoms with van der Waals surface area (Å²) in [7, 11) is -4.01. The van der Waals surface area contributed by atoms with Gasteiger partial charge in [0.05, 0.1) is 17.2 Å². The molecule has 0 N–H and O–H groups in total. The number of halogens is 1.